The van der Waals surface area contributed by atoms with Gasteiger partial charge in [0.05, 0.1) is 7.11 Å². The summed E-state index contributed by atoms with van der Waals surface area (Å²) in [6, 6.07) is 0. The van der Waals surface area contributed by atoms with Gasteiger partial charge in [0.1, 0.15) is 11.2 Å². The SMILES string of the molecule is COC1=CCC=CC1(C)C(=O)N1CCCC1. The lowest BCUT2D eigenvalue weighted by molar-refractivity contribution is -0.137. The van der Waals surface area contributed by atoms with Gasteiger partial charge in [0.2, 0.25) is 5.91 Å². The molecule has 16 heavy (non-hydrogen) atoms. The Morgan fingerprint density at radius 1 is 1.44 bits per heavy atom. The third-order valence-corrected chi connectivity index (χ3v) is 3.46. The lowest BCUT2D eigenvalue weighted by Crippen LogP contribution is -2.42. The van der Waals surface area contributed by atoms with Gasteiger partial charge in [0.25, 0.3) is 0 Å². The summed E-state index contributed by atoms with van der Waals surface area (Å²) in [4.78, 5) is 14.4. The topological polar surface area (TPSA) is 29.5 Å². The highest BCUT2D eigenvalue weighted by Gasteiger charge is 2.40. The van der Waals surface area contributed by atoms with Gasteiger partial charge in [-0.05, 0) is 32.3 Å². The molecule has 0 aromatic carbocycles. The number of amides is 1. The van der Waals surface area contributed by atoms with Crippen molar-refractivity contribution in [3.8, 4) is 0 Å². The van der Waals surface area contributed by atoms with Gasteiger partial charge >= 0.3 is 0 Å². The van der Waals surface area contributed by atoms with Crippen molar-refractivity contribution < 1.29 is 9.53 Å². The van der Waals surface area contributed by atoms with E-state index in [-0.39, 0.29) is 5.91 Å². The van der Waals surface area contributed by atoms with Gasteiger partial charge in [-0.15, -0.1) is 0 Å². The number of carbonyl (C=O) groups is 1. The predicted octanol–water partition coefficient (Wildman–Crippen LogP) is 2.11. The van der Waals surface area contributed by atoms with E-state index in [1.54, 1.807) is 7.11 Å². The smallest absolute Gasteiger partial charge is 0.239 e. The summed E-state index contributed by atoms with van der Waals surface area (Å²) >= 11 is 0. The normalized spacial score (nSPS) is 29.1. The average molecular weight is 221 g/mol. The van der Waals surface area contributed by atoms with E-state index in [2.05, 4.69) is 0 Å². The molecule has 1 unspecified atom stereocenters. The van der Waals surface area contributed by atoms with Gasteiger partial charge in [0, 0.05) is 13.1 Å². The molecule has 1 fully saturated rings. The maximum atomic E-state index is 12.4. The number of nitrogens with zero attached hydrogens (tertiary/aromatic N) is 1. The third kappa shape index (κ3) is 1.75. The Balaban J connectivity index is 2.22. The summed E-state index contributed by atoms with van der Waals surface area (Å²) in [7, 11) is 1.64. The van der Waals surface area contributed by atoms with Crippen molar-refractivity contribution in [3.05, 3.63) is 24.0 Å². The molecule has 3 nitrogen and oxygen atoms in total. The molecule has 3 heteroatoms. The molecule has 0 saturated carbocycles. The molecule has 0 bridgehead atoms. The summed E-state index contributed by atoms with van der Waals surface area (Å²) in [5.41, 5.74) is -0.586. The number of rotatable bonds is 2. The second-order valence-corrected chi connectivity index (χ2v) is 4.61. The molecule has 1 saturated heterocycles. The molecule has 1 atom stereocenters. The summed E-state index contributed by atoms with van der Waals surface area (Å²) in [5, 5.41) is 0. The van der Waals surface area contributed by atoms with E-state index in [0.717, 1.165) is 38.1 Å². The summed E-state index contributed by atoms with van der Waals surface area (Å²) < 4.78 is 5.35. The minimum atomic E-state index is -0.586. The highest BCUT2D eigenvalue weighted by molar-refractivity contribution is 5.87. The minimum Gasteiger partial charge on any atom is -0.500 e. The Morgan fingerprint density at radius 2 is 2.12 bits per heavy atom. The summed E-state index contributed by atoms with van der Waals surface area (Å²) in [6.45, 7) is 3.72. The van der Waals surface area contributed by atoms with Crippen molar-refractivity contribution in [2.24, 2.45) is 5.41 Å². The second-order valence-electron chi connectivity index (χ2n) is 4.61. The largest absolute Gasteiger partial charge is 0.500 e. The van der Waals surface area contributed by atoms with Crippen LogP contribution in [0.2, 0.25) is 0 Å². The van der Waals surface area contributed by atoms with Crippen LogP contribution in [-0.2, 0) is 9.53 Å². The molecular formula is C13H19NO2. The van der Waals surface area contributed by atoms with Crippen LogP contribution >= 0.6 is 0 Å². The summed E-state index contributed by atoms with van der Waals surface area (Å²) in [6.07, 6.45) is 9.11. The number of hydrogen-bond donors (Lipinski definition) is 0. The lowest BCUT2D eigenvalue weighted by Gasteiger charge is -2.32. The van der Waals surface area contributed by atoms with Crippen LogP contribution in [0.5, 0.6) is 0 Å². The zero-order chi connectivity index (χ0) is 11.6. The van der Waals surface area contributed by atoms with E-state index in [0.29, 0.717) is 0 Å². The fourth-order valence-electron chi connectivity index (χ4n) is 2.49. The molecule has 1 amide bonds. The fourth-order valence-corrected chi connectivity index (χ4v) is 2.49. The Morgan fingerprint density at radius 3 is 2.75 bits per heavy atom. The van der Waals surface area contributed by atoms with Crippen molar-refractivity contribution in [3.63, 3.8) is 0 Å². The number of likely N-dealkylation sites (tertiary alicyclic amines) is 1. The Kier molecular flexibility index (Phi) is 3.03. The van der Waals surface area contributed by atoms with E-state index in [9.17, 15) is 4.79 Å². The van der Waals surface area contributed by atoms with Gasteiger partial charge in [-0.3, -0.25) is 4.79 Å². The minimum absolute atomic E-state index is 0.175. The predicted molar refractivity (Wildman–Crippen MR) is 62.8 cm³/mol. The molecule has 88 valence electrons. The molecule has 0 aromatic rings. The zero-order valence-corrected chi connectivity index (χ0v) is 10.0. The number of methoxy groups -OCH3 is 1. The first kappa shape index (κ1) is 11.2. The van der Waals surface area contributed by atoms with E-state index in [1.807, 2.05) is 30.1 Å². The monoisotopic (exact) mass is 221 g/mol. The number of ether oxygens (including phenoxy) is 1. The molecule has 2 rings (SSSR count). The first-order valence-electron chi connectivity index (χ1n) is 5.90. The molecule has 0 aromatic heterocycles. The van der Waals surface area contributed by atoms with E-state index in [1.165, 1.54) is 0 Å². The molecular weight excluding hydrogens is 202 g/mol. The van der Waals surface area contributed by atoms with E-state index in [4.69, 9.17) is 4.74 Å². The first-order valence-corrected chi connectivity index (χ1v) is 5.90. The molecule has 0 radical (unpaired) electrons. The molecule has 2 aliphatic rings. The lowest BCUT2D eigenvalue weighted by atomic mass is 9.82. The quantitative estimate of drug-likeness (QED) is 0.668. The van der Waals surface area contributed by atoms with Crippen molar-refractivity contribution in [2.75, 3.05) is 20.2 Å². The maximum absolute atomic E-state index is 12.4. The summed E-state index contributed by atoms with van der Waals surface area (Å²) in [5.74, 6) is 0.959. The van der Waals surface area contributed by atoms with E-state index < -0.39 is 5.41 Å². The van der Waals surface area contributed by atoms with Gasteiger partial charge < -0.3 is 9.64 Å². The molecule has 0 N–H and O–H groups in total. The van der Waals surface area contributed by atoms with Crippen LogP contribution in [0.25, 0.3) is 0 Å². The van der Waals surface area contributed by atoms with Crippen LogP contribution < -0.4 is 0 Å². The molecule has 1 aliphatic carbocycles. The standard InChI is InChI=1S/C13H19NO2/c1-13(8-4-3-7-11(13)16-2)12(15)14-9-5-6-10-14/h4,7-8H,3,5-6,9-10H2,1-2H3. The van der Waals surface area contributed by atoms with Gasteiger partial charge in [-0.2, -0.15) is 0 Å². The Labute approximate surface area is 96.8 Å². The number of carbonyl (C=O) groups excluding carboxylic acids is 1. The van der Waals surface area contributed by atoms with Crippen LogP contribution in [0.4, 0.5) is 0 Å². The van der Waals surface area contributed by atoms with Crippen molar-refractivity contribution >= 4 is 5.91 Å². The highest BCUT2D eigenvalue weighted by atomic mass is 16.5. The van der Waals surface area contributed by atoms with Crippen LogP contribution in [0.3, 0.4) is 0 Å². The van der Waals surface area contributed by atoms with Gasteiger partial charge in [-0.1, -0.05) is 12.2 Å². The molecule has 1 heterocycles. The van der Waals surface area contributed by atoms with Crippen LogP contribution in [0, 0.1) is 5.41 Å². The molecule has 1 aliphatic heterocycles. The Hall–Kier alpha value is -1.25. The Bertz CT molecular complexity index is 340. The number of hydrogen-bond acceptors (Lipinski definition) is 2. The van der Waals surface area contributed by atoms with Gasteiger partial charge in [-0.25, -0.2) is 0 Å². The zero-order valence-electron chi connectivity index (χ0n) is 10.0. The van der Waals surface area contributed by atoms with Crippen molar-refractivity contribution in [1.29, 1.82) is 0 Å². The third-order valence-electron chi connectivity index (χ3n) is 3.46. The second kappa shape index (κ2) is 4.32. The fraction of sp³-hybridized carbons (Fsp3) is 0.615. The van der Waals surface area contributed by atoms with Crippen LogP contribution in [0.1, 0.15) is 26.2 Å². The van der Waals surface area contributed by atoms with Crippen LogP contribution in [-0.4, -0.2) is 31.0 Å². The van der Waals surface area contributed by atoms with E-state index >= 15 is 0 Å². The number of allylic oxidation sites excluding steroid dienone is 2. The van der Waals surface area contributed by atoms with Crippen LogP contribution in [0.15, 0.2) is 24.0 Å². The maximum Gasteiger partial charge on any atom is 0.239 e. The first-order chi connectivity index (χ1) is 7.68. The van der Waals surface area contributed by atoms with Crippen molar-refractivity contribution in [2.45, 2.75) is 26.2 Å². The average Bonchev–Trinajstić information content (AvgIpc) is 2.82. The van der Waals surface area contributed by atoms with Gasteiger partial charge in [0.15, 0.2) is 0 Å². The molecule has 0 spiro atoms. The highest BCUT2D eigenvalue weighted by Crippen LogP contribution is 2.35. The van der Waals surface area contributed by atoms with Crippen molar-refractivity contribution in [1.82, 2.24) is 4.90 Å².